The highest BCUT2D eigenvalue weighted by Gasteiger charge is 2.62. The predicted octanol–water partition coefficient (Wildman–Crippen LogP) is 1.75. The number of halogens is 3. The summed E-state index contributed by atoms with van der Waals surface area (Å²) < 4.78 is 47.5. The zero-order valence-electron chi connectivity index (χ0n) is 9.54. The van der Waals surface area contributed by atoms with Crippen LogP contribution in [0, 0.1) is 6.92 Å². The van der Waals surface area contributed by atoms with Crippen LogP contribution in [0.3, 0.4) is 0 Å². The molecule has 0 bridgehead atoms. The number of ether oxygens (including phenoxy) is 1. The number of alkyl halides is 3. The first kappa shape index (κ1) is 12.4. The normalized spacial score (nSPS) is 20.3. The van der Waals surface area contributed by atoms with Gasteiger partial charge in [-0.3, -0.25) is 4.90 Å². The third-order valence-corrected chi connectivity index (χ3v) is 2.93. The number of aromatic nitrogens is 1. The molecule has 1 aromatic heterocycles. The average molecular weight is 250 g/mol. The molecule has 0 spiro atoms. The van der Waals surface area contributed by atoms with Crippen LogP contribution in [-0.4, -0.2) is 42.0 Å². The fourth-order valence-electron chi connectivity index (χ4n) is 1.93. The minimum absolute atomic E-state index is 0.168. The molecule has 1 fully saturated rings. The second-order valence-corrected chi connectivity index (χ2v) is 4.27. The standard InChI is InChI=1S/C10H13F3N2O2/c1-7-3-8(14-17-7)4-15-5-9(6-15,16-2)10(11,12)13/h3H,4-6H2,1-2H3. The minimum Gasteiger partial charge on any atom is -0.366 e. The molecule has 17 heavy (non-hydrogen) atoms. The number of rotatable bonds is 3. The van der Waals surface area contributed by atoms with Gasteiger partial charge in [-0.1, -0.05) is 5.16 Å². The largest absolute Gasteiger partial charge is 0.419 e. The van der Waals surface area contributed by atoms with E-state index in [9.17, 15) is 13.2 Å². The molecule has 96 valence electrons. The molecule has 1 aliphatic heterocycles. The summed E-state index contributed by atoms with van der Waals surface area (Å²) in [5.41, 5.74) is -1.39. The van der Waals surface area contributed by atoms with Crippen LogP contribution < -0.4 is 0 Å². The molecule has 0 amide bonds. The van der Waals surface area contributed by atoms with Gasteiger partial charge in [-0.15, -0.1) is 0 Å². The van der Waals surface area contributed by atoms with Crippen LogP contribution in [0.15, 0.2) is 10.6 Å². The van der Waals surface area contributed by atoms with Crippen LogP contribution in [-0.2, 0) is 11.3 Å². The van der Waals surface area contributed by atoms with E-state index in [2.05, 4.69) is 9.89 Å². The number of nitrogens with zero attached hydrogens (tertiary/aromatic N) is 2. The van der Waals surface area contributed by atoms with E-state index in [1.54, 1.807) is 17.9 Å². The Balaban J connectivity index is 1.94. The van der Waals surface area contributed by atoms with Crippen LogP contribution in [0.4, 0.5) is 13.2 Å². The van der Waals surface area contributed by atoms with Crippen molar-refractivity contribution in [1.82, 2.24) is 10.1 Å². The maximum atomic E-state index is 12.7. The van der Waals surface area contributed by atoms with Gasteiger partial charge in [0.05, 0.1) is 5.69 Å². The first-order chi connectivity index (χ1) is 7.86. The van der Waals surface area contributed by atoms with E-state index in [1.165, 1.54) is 0 Å². The van der Waals surface area contributed by atoms with Gasteiger partial charge in [0.2, 0.25) is 0 Å². The van der Waals surface area contributed by atoms with Crippen molar-refractivity contribution in [3.05, 3.63) is 17.5 Å². The lowest BCUT2D eigenvalue weighted by molar-refractivity contribution is -0.312. The zero-order chi connectivity index (χ0) is 12.7. The molecule has 0 aromatic carbocycles. The van der Waals surface area contributed by atoms with E-state index >= 15 is 0 Å². The highest BCUT2D eigenvalue weighted by atomic mass is 19.4. The Morgan fingerprint density at radius 1 is 1.53 bits per heavy atom. The summed E-state index contributed by atoms with van der Waals surface area (Å²) in [5, 5.41) is 3.73. The molecule has 1 aromatic rings. The molecule has 4 nitrogen and oxygen atoms in total. The highest BCUT2D eigenvalue weighted by molar-refractivity contribution is 5.08. The Bertz CT molecular complexity index is 397. The lowest BCUT2D eigenvalue weighted by atomic mass is 9.93. The van der Waals surface area contributed by atoms with Crippen LogP contribution in [0.1, 0.15) is 11.5 Å². The Labute approximate surface area is 96.3 Å². The van der Waals surface area contributed by atoms with E-state index in [4.69, 9.17) is 4.52 Å². The molecular formula is C10H13F3N2O2. The number of hydrogen-bond donors (Lipinski definition) is 0. The molecule has 0 unspecified atom stereocenters. The highest BCUT2D eigenvalue weighted by Crippen LogP contribution is 2.40. The number of hydrogen-bond acceptors (Lipinski definition) is 4. The summed E-state index contributed by atoms with van der Waals surface area (Å²) in [6.45, 7) is 1.75. The smallest absolute Gasteiger partial charge is 0.366 e. The van der Waals surface area contributed by atoms with Gasteiger partial charge in [-0.2, -0.15) is 13.2 Å². The van der Waals surface area contributed by atoms with E-state index in [1.807, 2.05) is 0 Å². The number of methoxy groups -OCH3 is 1. The summed E-state index contributed by atoms with van der Waals surface area (Å²) >= 11 is 0. The van der Waals surface area contributed by atoms with E-state index in [-0.39, 0.29) is 13.1 Å². The first-order valence-electron chi connectivity index (χ1n) is 5.13. The van der Waals surface area contributed by atoms with Crippen molar-refractivity contribution in [3.63, 3.8) is 0 Å². The van der Waals surface area contributed by atoms with Crippen molar-refractivity contribution in [2.75, 3.05) is 20.2 Å². The van der Waals surface area contributed by atoms with E-state index < -0.39 is 11.8 Å². The van der Waals surface area contributed by atoms with Crippen LogP contribution in [0.2, 0.25) is 0 Å². The minimum atomic E-state index is -4.34. The molecule has 2 rings (SSSR count). The summed E-state index contributed by atoms with van der Waals surface area (Å²) in [4.78, 5) is 1.62. The van der Waals surface area contributed by atoms with Gasteiger partial charge < -0.3 is 9.26 Å². The fraction of sp³-hybridized carbons (Fsp3) is 0.700. The van der Waals surface area contributed by atoms with Gasteiger partial charge in [0, 0.05) is 32.8 Å². The van der Waals surface area contributed by atoms with Gasteiger partial charge in [0.1, 0.15) is 5.76 Å². The molecule has 2 heterocycles. The summed E-state index contributed by atoms with van der Waals surface area (Å²) in [6, 6.07) is 1.71. The molecule has 0 radical (unpaired) electrons. The molecule has 0 atom stereocenters. The molecule has 0 aliphatic carbocycles. The van der Waals surface area contributed by atoms with Gasteiger partial charge in [-0.05, 0) is 6.92 Å². The fourth-order valence-corrected chi connectivity index (χ4v) is 1.93. The molecule has 0 saturated carbocycles. The third kappa shape index (κ3) is 2.16. The Morgan fingerprint density at radius 3 is 2.59 bits per heavy atom. The second-order valence-electron chi connectivity index (χ2n) is 4.27. The monoisotopic (exact) mass is 250 g/mol. The topological polar surface area (TPSA) is 38.5 Å². The zero-order valence-corrected chi connectivity index (χ0v) is 9.54. The molecule has 0 N–H and O–H groups in total. The Kier molecular flexibility index (Phi) is 2.90. The first-order valence-corrected chi connectivity index (χ1v) is 5.13. The van der Waals surface area contributed by atoms with Crippen LogP contribution in [0.25, 0.3) is 0 Å². The quantitative estimate of drug-likeness (QED) is 0.819. The molecule has 1 saturated heterocycles. The maximum absolute atomic E-state index is 12.7. The van der Waals surface area contributed by atoms with Crippen molar-refractivity contribution in [2.24, 2.45) is 0 Å². The van der Waals surface area contributed by atoms with E-state index in [0.717, 1.165) is 7.11 Å². The van der Waals surface area contributed by atoms with Crippen molar-refractivity contribution < 1.29 is 22.4 Å². The number of likely N-dealkylation sites (tertiary alicyclic amines) is 1. The SMILES string of the molecule is COC1(C(F)(F)F)CN(Cc2cc(C)on2)C1. The Morgan fingerprint density at radius 2 is 2.18 bits per heavy atom. The lowest BCUT2D eigenvalue weighted by Gasteiger charge is -2.49. The molecule has 1 aliphatic rings. The van der Waals surface area contributed by atoms with Gasteiger partial charge in [-0.25, -0.2) is 0 Å². The van der Waals surface area contributed by atoms with Crippen molar-refractivity contribution in [3.8, 4) is 0 Å². The van der Waals surface area contributed by atoms with Gasteiger partial charge in [0.25, 0.3) is 0 Å². The number of aryl methyl sites for hydroxylation is 1. The third-order valence-electron chi connectivity index (χ3n) is 2.93. The van der Waals surface area contributed by atoms with Gasteiger partial charge in [0.15, 0.2) is 5.60 Å². The van der Waals surface area contributed by atoms with E-state index in [0.29, 0.717) is 18.0 Å². The predicted molar refractivity (Wildman–Crippen MR) is 52.3 cm³/mol. The summed E-state index contributed by atoms with van der Waals surface area (Å²) in [5.74, 6) is 0.648. The summed E-state index contributed by atoms with van der Waals surface area (Å²) in [7, 11) is 1.09. The maximum Gasteiger partial charge on any atom is 0.419 e. The van der Waals surface area contributed by atoms with Crippen molar-refractivity contribution in [2.45, 2.75) is 25.2 Å². The van der Waals surface area contributed by atoms with Gasteiger partial charge >= 0.3 is 6.18 Å². The lowest BCUT2D eigenvalue weighted by Crippen LogP contribution is -2.69. The van der Waals surface area contributed by atoms with Crippen molar-refractivity contribution in [1.29, 1.82) is 0 Å². The Hall–Kier alpha value is -1.08. The van der Waals surface area contributed by atoms with Crippen LogP contribution >= 0.6 is 0 Å². The molecule has 7 heteroatoms. The second kappa shape index (κ2) is 3.99. The van der Waals surface area contributed by atoms with Crippen molar-refractivity contribution >= 4 is 0 Å². The average Bonchev–Trinajstić information content (AvgIpc) is 2.55. The van der Waals surface area contributed by atoms with Crippen LogP contribution in [0.5, 0.6) is 0 Å². The molecular weight excluding hydrogens is 237 g/mol. The summed E-state index contributed by atoms with van der Waals surface area (Å²) in [6.07, 6.45) is -4.34.